The third-order valence-corrected chi connectivity index (χ3v) is 5.06. The van der Waals surface area contributed by atoms with Gasteiger partial charge in [0.05, 0.1) is 6.10 Å². The van der Waals surface area contributed by atoms with Crippen molar-refractivity contribution in [1.82, 2.24) is 0 Å². The lowest BCUT2D eigenvalue weighted by atomic mass is 9.59. The first-order valence-corrected chi connectivity index (χ1v) is 7.45. The van der Waals surface area contributed by atoms with E-state index in [-0.39, 0.29) is 5.41 Å². The van der Waals surface area contributed by atoms with Crippen LogP contribution in [0.5, 0.6) is 0 Å². The van der Waals surface area contributed by atoms with Crippen LogP contribution < -0.4 is 0 Å². The van der Waals surface area contributed by atoms with Crippen LogP contribution in [0.15, 0.2) is 48.5 Å². The molecule has 2 aromatic carbocycles. The van der Waals surface area contributed by atoms with Gasteiger partial charge in [-0.1, -0.05) is 55.0 Å². The van der Waals surface area contributed by atoms with Crippen LogP contribution in [-0.2, 0) is 5.41 Å². The standard InChI is InChI=1S/C19H22O/c1-14-8-6-11-17(15(14)2)18(20)19(12-7-13-19)16-9-4-3-5-10-16/h3-6,8-11,18,20H,7,12-13H2,1-2H3. The highest BCUT2D eigenvalue weighted by Crippen LogP contribution is 2.52. The molecule has 1 saturated carbocycles. The molecule has 1 atom stereocenters. The van der Waals surface area contributed by atoms with Gasteiger partial charge in [0.25, 0.3) is 0 Å². The van der Waals surface area contributed by atoms with Gasteiger partial charge in [-0.2, -0.15) is 0 Å². The van der Waals surface area contributed by atoms with E-state index < -0.39 is 6.10 Å². The van der Waals surface area contributed by atoms with Crippen molar-refractivity contribution in [2.75, 3.05) is 0 Å². The predicted octanol–water partition coefficient (Wildman–Crippen LogP) is 4.46. The summed E-state index contributed by atoms with van der Waals surface area (Å²) >= 11 is 0. The van der Waals surface area contributed by atoms with Crippen LogP contribution in [0.2, 0.25) is 0 Å². The fourth-order valence-corrected chi connectivity index (χ4v) is 3.42. The van der Waals surface area contributed by atoms with E-state index in [0.29, 0.717) is 0 Å². The first-order valence-electron chi connectivity index (χ1n) is 7.45. The second-order valence-electron chi connectivity index (χ2n) is 6.07. The molecular formula is C19H22O. The number of hydrogen-bond donors (Lipinski definition) is 1. The molecule has 0 heterocycles. The van der Waals surface area contributed by atoms with Gasteiger partial charge < -0.3 is 5.11 Å². The second kappa shape index (κ2) is 5.06. The van der Waals surface area contributed by atoms with E-state index in [1.807, 2.05) is 6.07 Å². The summed E-state index contributed by atoms with van der Waals surface area (Å²) in [6.07, 6.45) is 2.95. The average molecular weight is 266 g/mol. The van der Waals surface area contributed by atoms with Crippen LogP contribution >= 0.6 is 0 Å². The quantitative estimate of drug-likeness (QED) is 0.869. The molecule has 0 bridgehead atoms. The lowest BCUT2D eigenvalue weighted by Gasteiger charge is -2.46. The molecule has 2 aromatic rings. The first-order chi connectivity index (χ1) is 9.65. The zero-order valence-electron chi connectivity index (χ0n) is 12.3. The molecule has 0 aromatic heterocycles. The number of hydrogen-bond acceptors (Lipinski definition) is 1. The Bertz CT molecular complexity index is 596. The van der Waals surface area contributed by atoms with Crippen molar-refractivity contribution in [3.05, 3.63) is 70.8 Å². The molecule has 0 saturated heterocycles. The summed E-state index contributed by atoms with van der Waals surface area (Å²) in [6, 6.07) is 16.8. The Morgan fingerprint density at radius 1 is 0.950 bits per heavy atom. The van der Waals surface area contributed by atoms with Gasteiger partial charge in [-0.15, -0.1) is 0 Å². The lowest BCUT2D eigenvalue weighted by Crippen LogP contribution is -2.40. The fourth-order valence-electron chi connectivity index (χ4n) is 3.42. The summed E-state index contributed by atoms with van der Waals surface area (Å²) in [5, 5.41) is 11.0. The summed E-state index contributed by atoms with van der Waals surface area (Å²) in [7, 11) is 0. The highest BCUT2D eigenvalue weighted by atomic mass is 16.3. The number of aryl methyl sites for hydroxylation is 1. The fraction of sp³-hybridized carbons (Fsp3) is 0.368. The van der Waals surface area contributed by atoms with Crippen molar-refractivity contribution < 1.29 is 5.11 Å². The average Bonchev–Trinajstić information content (AvgIpc) is 2.42. The molecule has 104 valence electrons. The van der Waals surface area contributed by atoms with Gasteiger partial charge in [0.15, 0.2) is 0 Å². The molecule has 1 heteroatoms. The molecule has 1 unspecified atom stereocenters. The maximum absolute atomic E-state index is 11.0. The third kappa shape index (κ3) is 1.97. The Labute approximate surface area is 121 Å². The van der Waals surface area contributed by atoms with Crippen molar-refractivity contribution in [3.63, 3.8) is 0 Å². The van der Waals surface area contributed by atoms with Crippen LogP contribution in [0.25, 0.3) is 0 Å². The summed E-state index contributed by atoms with van der Waals surface area (Å²) in [4.78, 5) is 0. The van der Waals surface area contributed by atoms with E-state index in [1.165, 1.54) is 23.1 Å². The van der Waals surface area contributed by atoms with Gasteiger partial charge in [0.2, 0.25) is 0 Å². The minimum Gasteiger partial charge on any atom is -0.387 e. The molecule has 20 heavy (non-hydrogen) atoms. The topological polar surface area (TPSA) is 20.2 Å². The minimum atomic E-state index is -0.404. The maximum Gasteiger partial charge on any atom is 0.0889 e. The van der Waals surface area contributed by atoms with Crippen molar-refractivity contribution in [3.8, 4) is 0 Å². The van der Waals surface area contributed by atoms with Gasteiger partial charge in [0.1, 0.15) is 0 Å². The van der Waals surface area contributed by atoms with Crippen molar-refractivity contribution in [2.24, 2.45) is 0 Å². The Morgan fingerprint density at radius 3 is 2.25 bits per heavy atom. The van der Waals surface area contributed by atoms with E-state index >= 15 is 0 Å². The van der Waals surface area contributed by atoms with Gasteiger partial charge in [-0.25, -0.2) is 0 Å². The Hall–Kier alpha value is -1.60. The highest BCUT2D eigenvalue weighted by molar-refractivity contribution is 5.40. The third-order valence-electron chi connectivity index (χ3n) is 5.06. The first kappa shape index (κ1) is 13.4. The van der Waals surface area contributed by atoms with Gasteiger partial charge in [-0.3, -0.25) is 0 Å². The smallest absolute Gasteiger partial charge is 0.0889 e. The van der Waals surface area contributed by atoms with Crippen molar-refractivity contribution in [2.45, 2.75) is 44.6 Å². The molecule has 1 fully saturated rings. The Kier molecular flexibility index (Phi) is 3.39. The summed E-state index contributed by atoms with van der Waals surface area (Å²) < 4.78 is 0. The molecule has 0 aliphatic heterocycles. The zero-order valence-corrected chi connectivity index (χ0v) is 12.3. The Balaban J connectivity index is 2.04. The van der Waals surface area contributed by atoms with E-state index in [2.05, 4.69) is 56.3 Å². The van der Waals surface area contributed by atoms with Crippen LogP contribution in [0.1, 0.15) is 47.6 Å². The van der Waals surface area contributed by atoms with E-state index in [1.54, 1.807) is 0 Å². The number of benzene rings is 2. The SMILES string of the molecule is Cc1cccc(C(O)C2(c3ccccc3)CCC2)c1C. The number of aliphatic hydroxyl groups excluding tert-OH is 1. The molecule has 1 aliphatic rings. The molecule has 0 spiro atoms. The molecular weight excluding hydrogens is 244 g/mol. The second-order valence-corrected chi connectivity index (χ2v) is 6.07. The Morgan fingerprint density at radius 2 is 1.65 bits per heavy atom. The van der Waals surface area contributed by atoms with E-state index in [9.17, 15) is 5.11 Å². The summed E-state index contributed by atoms with van der Waals surface area (Å²) in [5.41, 5.74) is 4.76. The monoisotopic (exact) mass is 266 g/mol. The van der Waals surface area contributed by atoms with Gasteiger partial charge in [0, 0.05) is 5.41 Å². The number of aliphatic hydroxyl groups is 1. The summed E-state index contributed by atoms with van der Waals surface area (Å²) in [5.74, 6) is 0. The number of rotatable bonds is 3. The van der Waals surface area contributed by atoms with Crippen LogP contribution in [0, 0.1) is 13.8 Å². The van der Waals surface area contributed by atoms with Crippen molar-refractivity contribution in [1.29, 1.82) is 0 Å². The predicted molar refractivity (Wildman–Crippen MR) is 82.8 cm³/mol. The highest BCUT2D eigenvalue weighted by Gasteiger charge is 2.45. The molecule has 1 N–H and O–H groups in total. The zero-order chi connectivity index (χ0) is 14.2. The van der Waals surface area contributed by atoms with Crippen molar-refractivity contribution >= 4 is 0 Å². The largest absolute Gasteiger partial charge is 0.387 e. The molecule has 1 aliphatic carbocycles. The van der Waals surface area contributed by atoms with Crippen LogP contribution in [0.3, 0.4) is 0 Å². The van der Waals surface area contributed by atoms with E-state index in [0.717, 1.165) is 18.4 Å². The summed E-state index contributed by atoms with van der Waals surface area (Å²) in [6.45, 7) is 4.23. The van der Waals surface area contributed by atoms with Gasteiger partial charge in [-0.05, 0) is 48.9 Å². The normalized spacial score (nSPS) is 18.4. The van der Waals surface area contributed by atoms with Crippen LogP contribution in [0.4, 0.5) is 0 Å². The van der Waals surface area contributed by atoms with E-state index in [4.69, 9.17) is 0 Å². The van der Waals surface area contributed by atoms with Gasteiger partial charge >= 0.3 is 0 Å². The lowest BCUT2D eigenvalue weighted by molar-refractivity contribution is 0.0263. The maximum atomic E-state index is 11.0. The molecule has 1 nitrogen and oxygen atoms in total. The minimum absolute atomic E-state index is 0.0835. The molecule has 3 rings (SSSR count). The molecule has 0 radical (unpaired) electrons. The van der Waals surface area contributed by atoms with Crippen LogP contribution in [-0.4, -0.2) is 5.11 Å². The molecule has 0 amide bonds.